The zero-order chi connectivity index (χ0) is 10.7. The maximum absolute atomic E-state index is 12.6. The van der Waals surface area contributed by atoms with Crippen LogP contribution in [0.5, 0.6) is 10.9 Å². The maximum Gasteiger partial charge on any atom is 0.278 e. The third-order valence-corrected chi connectivity index (χ3v) is 2.65. The van der Waals surface area contributed by atoms with E-state index < -0.39 is 0 Å². The fourth-order valence-corrected chi connectivity index (χ4v) is 1.69. The lowest BCUT2D eigenvalue weighted by Crippen LogP contribution is -1.91. The van der Waals surface area contributed by atoms with Crippen molar-refractivity contribution in [2.75, 3.05) is 0 Å². The first-order valence-corrected chi connectivity index (χ1v) is 5.18. The highest BCUT2D eigenvalue weighted by atomic mass is 32.1. The molecule has 0 aliphatic rings. The summed E-state index contributed by atoms with van der Waals surface area (Å²) in [7, 11) is 0. The van der Waals surface area contributed by atoms with E-state index in [0.29, 0.717) is 17.5 Å². The van der Waals surface area contributed by atoms with Gasteiger partial charge in [0.25, 0.3) is 5.19 Å². The van der Waals surface area contributed by atoms with E-state index in [1.807, 2.05) is 0 Å². The van der Waals surface area contributed by atoms with Gasteiger partial charge in [-0.2, -0.15) is 0 Å². The van der Waals surface area contributed by atoms with E-state index in [1.165, 1.54) is 23.5 Å². The van der Waals surface area contributed by atoms with E-state index in [2.05, 4.69) is 4.98 Å². The van der Waals surface area contributed by atoms with Gasteiger partial charge in [-0.3, -0.25) is 0 Å². The van der Waals surface area contributed by atoms with Crippen molar-refractivity contribution in [3.8, 4) is 10.9 Å². The van der Waals surface area contributed by atoms with Crippen LogP contribution in [0.15, 0.2) is 30.5 Å². The smallest absolute Gasteiger partial charge is 0.278 e. The van der Waals surface area contributed by atoms with Gasteiger partial charge < -0.3 is 10.5 Å². The summed E-state index contributed by atoms with van der Waals surface area (Å²) in [5.74, 6) is 0.276. The topological polar surface area (TPSA) is 48.1 Å². The monoisotopic (exact) mass is 224 g/mol. The van der Waals surface area contributed by atoms with E-state index in [-0.39, 0.29) is 5.82 Å². The van der Waals surface area contributed by atoms with Gasteiger partial charge in [-0.15, -0.1) is 0 Å². The lowest BCUT2D eigenvalue weighted by atomic mass is 10.3. The number of thiazole rings is 1. The molecule has 0 aliphatic carbocycles. The summed E-state index contributed by atoms with van der Waals surface area (Å²) in [5.41, 5.74) is 5.44. The van der Waals surface area contributed by atoms with E-state index in [0.717, 1.165) is 4.88 Å². The molecule has 0 amide bonds. The van der Waals surface area contributed by atoms with Crippen LogP contribution >= 0.6 is 11.3 Å². The summed E-state index contributed by atoms with van der Waals surface area (Å²) < 4.78 is 18.0. The highest BCUT2D eigenvalue weighted by molar-refractivity contribution is 7.13. The standard InChI is InChI=1S/C10H9FN2OS/c11-7-1-3-8(4-2-7)14-10-13-6-9(5-12)15-10/h1-4,6H,5,12H2. The molecule has 0 spiro atoms. The Morgan fingerprint density at radius 2 is 2.07 bits per heavy atom. The summed E-state index contributed by atoms with van der Waals surface area (Å²) in [5, 5.41) is 0.516. The van der Waals surface area contributed by atoms with E-state index in [1.54, 1.807) is 18.3 Å². The fourth-order valence-electron chi connectivity index (χ4n) is 1.03. The molecule has 15 heavy (non-hydrogen) atoms. The van der Waals surface area contributed by atoms with Crippen LogP contribution in [-0.4, -0.2) is 4.98 Å². The molecule has 0 fully saturated rings. The van der Waals surface area contributed by atoms with E-state index in [9.17, 15) is 4.39 Å². The number of rotatable bonds is 3. The minimum absolute atomic E-state index is 0.288. The number of halogens is 1. The highest BCUT2D eigenvalue weighted by Gasteiger charge is 2.02. The minimum atomic E-state index is -0.288. The molecule has 2 aromatic rings. The molecule has 0 radical (unpaired) electrons. The molecular formula is C10H9FN2OS. The molecule has 2 N–H and O–H groups in total. The number of nitrogens with two attached hydrogens (primary N) is 1. The zero-order valence-electron chi connectivity index (χ0n) is 7.81. The molecule has 5 heteroatoms. The molecule has 1 aromatic heterocycles. The summed E-state index contributed by atoms with van der Waals surface area (Å²) in [4.78, 5) is 4.98. The number of hydrogen-bond acceptors (Lipinski definition) is 4. The van der Waals surface area contributed by atoms with Gasteiger partial charge in [-0.05, 0) is 24.3 Å². The van der Waals surface area contributed by atoms with Crippen LogP contribution in [0.3, 0.4) is 0 Å². The van der Waals surface area contributed by atoms with Gasteiger partial charge in [-0.1, -0.05) is 11.3 Å². The second kappa shape index (κ2) is 4.37. The molecule has 0 atom stereocenters. The van der Waals surface area contributed by atoms with Crippen molar-refractivity contribution in [1.82, 2.24) is 4.98 Å². The van der Waals surface area contributed by atoms with Crippen molar-refractivity contribution < 1.29 is 9.13 Å². The largest absolute Gasteiger partial charge is 0.431 e. The van der Waals surface area contributed by atoms with Gasteiger partial charge in [0.05, 0.1) is 0 Å². The number of hydrogen-bond donors (Lipinski definition) is 1. The average Bonchev–Trinajstić information content (AvgIpc) is 2.69. The number of aromatic nitrogens is 1. The van der Waals surface area contributed by atoms with Crippen LogP contribution in [0.25, 0.3) is 0 Å². The van der Waals surface area contributed by atoms with Gasteiger partial charge in [0.1, 0.15) is 11.6 Å². The molecule has 3 nitrogen and oxygen atoms in total. The first kappa shape index (κ1) is 10.1. The van der Waals surface area contributed by atoms with Crippen LogP contribution in [0, 0.1) is 5.82 Å². The summed E-state index contributed by atoms with van der Waals surface area (Å²) in [6.07, 6.45) is 1.67. The molecule has 0 saturated heterocycles. The Hall–Kier alpha value is -1.46. The van der Waals surface area contributed by atoms with Crippen molar-refractivity contribution in [3.05, 3.63) is 41.2 Å². The number of ether oxygens (including phenoxy) is 1. The van der Waals surface area contributed by atoms with Crippen LogP contribution in [0.2, 0.25) is 0 Å². The Labute approximate surface area is 90.3 Å². The molecule has 0 aliphatic heterocycles. The van der Waals surface area contributed by atoms with Crippen molar-refractivity contribution >= 4 is 11.3 Å². The van der Waals surface area contributed by atoms with Gasteiger partial charge in [0.15, 0.2) is 0 Å². The van der Waals surface area contributed by atoms with Crippen LogP contribution in [0.4, 0.5) is 4.39 Å². The number of benzene rings is 1. The quantitative estimate of drug-likeness (QED) is 0.871. The van der Waals surface area contributed by atoms with Gasteiger partial charge in [-0.25, -0.2) is 9.37 Å². The average molecular weight is 224 g/mol. The normalized spacial score (nSPS) is 10.3. The SMILES string of the molecule is NCc1cnc(Oc2ccc(F)cc2)s1. The van der Waals surface area contributed by atoms with Crippen molar-refractivity contribution in [2.45, 2.75) is 6.54 Å². The molecule has 0 saturated carbocycles. The highest BCUT2D eigenvalue weighted by Crippen LogP contribution is 2.26. The summed E-state index contributed by atoms with van der Waals surface area (Å²) >= 11 is 1.38. The Bertz CT molecular complexity index is 441. The summed E-state index contributed by atoms with van der Waals surface area (Å²) in [6, 6.07) is 5.79. The summed E-state index contributed by atoms with van der Waals surface area (Å²) in [6.45, 7) is 0.449. The van der Waals surface area contributed by atoms with Gasteiger partial charge in [0.2, 0.25) is 0 Å². The molecule has 2 rings (SSSR count). The molecule has 78 valence electrons. The predicted molar refractivity (Wildman–Crippen MR) is 56.5 cm³/mol. The predicted octanol–water partition coefficient (Wildman–Crippen LogP) is 2.53. The van der Waals surface area contributed by atoms with Crippen LogP contribution < -0.4 is 10.5 Å². The third-order valence-electron chi connectivity index (χ3n) is 1.75. The van der Waals surface area contributed by atoms with Gasteiger partial charge in [0, 0.05) is 17.6 Å². The Kier molecular flexibility index (Phi) is 2.94. The lowest BCUT2D eigenvalue weighted by Gasteiger charge is -1.99. The molecule has 0 unspecified atom stereocenters. The molecule has 1 heterocycles. The van der Waals surface area contributed by atoms with Crippen molar-refractivity contribution in [3.63, 3.8) is 0 Å². The second-order valence-electron chi connectivity index (χ2n) is 2.85. The van der Waals surface area contributed by atoms with Crippen LogP contribution in [-0.2, 0) is 6.54 Å². The van der Waals surface area contributed by atoms with Gasteiger partial charge >= 0.3 is 0 Å². The second-order valence-corrected chi connectivity index (χ2v) is 3.93. The first-order chi connectivity index (χ1) is 7.28. The molecule has 1 aromatic carbocycles. The molecule has 0 bridgehead atoms. The van der Waals surface area contributed by atoms with Crippen molar-refractivity contribution in [1.29, 1.82) is 0 Å². The van der Waals surface area contributed by atoms with Crippen molar-refractivity contribution in [2.24, 2.45) is 5.73 Å². The van der Waals surface area contributed by atoms with E-state index in [4.69, 9.17) is 10.5 Å². The van der Waals surface area contributed by atoms with E-state index >= 15 is 0 Å². The Morgan fingerprint density at radius 1 is 1.33 bits per heavy atom. The Morgan fingerprint density at radius 3 is 2.67 bits per heavy atom. The fraction of sp³-hybridized carbons (Fsp3) is 0.100. The minimum Gasteiger partial charge on any atom is -0.431 e. The molecular weight excluding hydrogens is 215 g/mol. The Balaban J connectivity index is 2.11. The first-order valence-electron chi connectivity index (χ1n) is 4.36. The third kappa shape index (κ3) is 2.51. The maximum atomic E-state index is 12.6. The zero-order valence-corrected chi connectivity index (χ0v) is 8.63. The number of nitrogens with zero attached hydrogens (tertiary/aromatic N) is 1. The van der Waals surface area contributed by atoms with Crippen LogP contribution in [0.1, 0.15) is 4.88 Å². The lowest BCUT2D eigenvalue weighted by molar-refractivity contribution is 0.477.